The summed E-state index contributed by atoms with van der Waals surface area (Å²) in [6.07, 6.45) is -4.34. The van der Waals surface area contributed by atoms with Gasteiger partial charge in [-0.1, -0.05) is 12.1 Å². The molecular formula is C18H26F3IN4O2. The number of morpholine rings is 2. The minimum Gasteiger partial charge on any atom is -0.379 e. The number of nitrogens with two attached hydrogens (primary N) is 1. The first-order chi connectivity index (χ1) is 12.9. The summed E-state index contributed by atoms with van der Waals surface area (Å²) in [4.78, 5) is 8.68. The van der Waals surface area contributed by atoms with Crippen molar-refractivity contribution in [3.05, 3.63) is 35.4 Å². The summed E-state index contributed by atoms with van der Waals surface area (Å²) in [5, 5.41) is 0. The number of aliphatic imine (C=N–C) groups is 1. The number of benzene rings is 1. The van der Waals surface area contributed by atoms with Crippen molar-refractivity contribution in [2.75, 3.05) is 59.2 Å². The molecule has 2 fully saturated rings. The smallest absolute Gasteiger partial charge is 0.379 e. The Morgan fingerprint density at radius 2 is 1.54 bits per heavy atom. The van der Waals surface area contributed by atoms with Crippen LogP contribution in [0.4, 0.5) is 13.2 Å². The van der Waals surface area contributed by atoms with E-state index < -0.39 is 11.7 Å². The first-order valence-electron chi connectivity index (χ1n) is 9.07. The molecule has 0 amide bonds. The third kappa shape index (κ3) is 6.19. The van der Waals surface area contributed by atoms with Gasteiger partial charge >= 0.3 is 6.18 Å². The van der Waals surface area contributed by atoms with Gasteiger partial charge in [0.05, 0.1) is 44.6 Å². The average molecular weight is 514 g/mol. The van der Waals surface area contributed by atoms with Gasteiger partial charge in [0.15, 0.2) is 5.96 Å². The van der Waals surface area contributed by atoms with Gasteiger partial charge in [0.1, 0.15) is 0 Å². The van der Waals surface area contributed by atoms with E-state index in [1.807, 2.05) is 4.90 Å². The Balaban J connectivity index is 0.00000280. The standard InChI is InChI=1S/C18H25F3N4O2.HI/c19-18(20,21)15-3-1-14(2-4-15)16(24-5-9-26-10-6-24)13-23-17(22)25-7-11-27-12-8-25;/h1-4,16H,5-13H2,(H2,22,23);1H. The summed E-state index contributed by atoms with van der Waals surface area (Å²) in [6, 6.07) is 5.17. The largest absolute Gasteiger partial charge is 0.416 e. The Morgan fingerprint density at radius 3 is 2.07 bits per heavy atom. The molecule has 1 unspecified atom stereocenters. The Kier molecular flexibility index (Phi) is 8.78. The normalized spacial score (nSPS) is 20.5. The van der Waals surface area contributed by atoms with Crippen molar-refractivity contribution in [1.82, 2.24) is 9.80 Å². The minimum absolute atomic E-state index is 0. The van der Waals surface area contributed by atoms with Crippen LogP contribution in [0.5, 0.6) is 0 Å². The molecule has 158 valence electrons. The summed E-state index contributed by atoms with van der Waals surface area (Å²) in [6.45, 7) is 5.60. The van der Waals surface area contributed by atoms with Gasteiger partial charge in [0.25, 0.3) is 0 Å². The van der Waals surface area contributed by atoms with E-state index in [0.29, 0.717) is 65.1 Å². The number of ether oxygens (including phenoxy) is 2. The lowest BCUT2D eigenvalue weighted by Crippen LogP contribution is -2.45. The van der Waals surface area contributed by atoms with E-state index in [0.717, 1.165) is 17.7 Å². The Bertz CT molecular complexity index is 631. The van der Waals surface area contributed by atoms with Crippen LogP contribution < -0.4 is 5.73 Å². The molecule has 1 atom stereocenters. The fourth-order valence-corrected chi connectivity index (χ4v) is 3.29. The summed E-state index contributed by atoms with van der Waals surface area (Å²) in [5.41, 5.74) is 6.26. The van der Waals surface area contributed by atoms with Crippen LogP contribution in [0.3, 0.4) is 0 Å². The zero-order valence-electron chi connectivity index (χ0n) is 15.5. The van der Waals surface area contributed by atoms with Crippen LogP contribution in [0.25, 0.3) is 0 Å². The Labute approximate surface area is 179 Å². The van der Waals surface area contributed by atoms with Crippen LogP contribution in [-0.4, -0.2) is 74.9 Å². The van der Waals surface area contributed by atoms with E-state index in [-0.39, 0.29) is 30.0 Å². The minimum atomic E-state index is -4.34. The molecule has 2 saturated heterocycles. The van der Waals surface area contributed by atoms with Crippen molar-refractivity contribution >= 4 is 29.9 Å². The molecule has 1 aromatic rings. The van der Waals surface area contributed by atoms with Crippen molar-refractivity contribution < 1.29 is 22.6 Å². The molecule has 0 saturated carbocycles. The maximum absolute atomic E-state index is 12.9. The molecule has 2 heterocycles. The van der Waals surface area contributed by atoms with E-state index in [2.05, 4.69) is 9.89 Å². The molecule has 2 aliphatic rings. The third-order valence-corrected chi connectivity index (χ3v) is 4.87. The second kappa shape index (κ2) is 10.6. The molecule has 10 heteroatoms. The number of alkyl halides is 3. The summed E-state index contributed by atoms with van der Waals surface area (Å²) in [5.74, 6) is 0.448. The lowest BCUT2D eigenvalue weighted by Gasteiger charge is -2.34. The Hall–Kier alpha value is -1.11. The SMILES string of the molecule is I.NC(=NCC(c1ccc(C(F)(F)F)cc1)N1CCOCC1)N1CCOCC1. The first kappa shape index (κ1) is 23.2. The van der Waals surface area contributed by atoms with Gasteiger partial charge in [0.2, 0.25) is 0 Å². The van der Waals surface area contributed by atoms with E-state index >= 15 is 0 Å². The second-order valence-corrected chi connectivity index (χ2v) is 6.58. The molecule has 0 radical (unpaired) electrons. The molecule has 1 aromatic carbocycles. The van der Waals surface area contributed by atoms with Crippen molar-refractivity contribution in [2.24, 2.45) is 10.7 Å². The molecule has 0 aliphatic carbocycles. The monoisotopic (exact) mass is 514 g/mol. The van der Waals surface area contributed by atoms with E-state index in [1.165, 1.54) is 12.1 Å². The van der Waals surface area contributed by atoms with Crippen LogP contribution >= 0.6 is 24.0 Å². The second-order valence-electron chi connectivity index (χ2n) is 6.58. The highest BCUT2D eigenvalue weighted by atomic mass is 127. The quantitative estimate of drug-likeness (QED) is 0.380. The fourth-order valence-electron chi connectivity index (χ4n) is 3.29. The maximum Gasteiger partial charge on any atom is 0.416 e. The maximum atomic E-state index is 12.9. The summed E-state index contributed by atoms with van der Waals surface area (Å²) >= 11 is 0. The van der Waals surface area contributed by atoms with Gasteiger partial charge < -0.3 is 20.1 Å². The lowest BCUT2D eigenvalue weighted by atomic mass is 10.0. The number of nitrogens with zero attached hydrogens (tertiary/aromatic N) is 3. The molecular weight excluding hydrogens is 488 g/mol. The molecule has 0 aromatic heterocycles. The zero-order valence-corrected chi connectivity index (χ0v) is 17.9. The van der Waals surface area contributed by atoms with Crippen LogP contribution in [0, 0.1) is 0 Å². The number of hydrogen-bond acceptors (Lipinski definition) is 4. The Morgan fingerprint density at radius 1 is 1.00 bits per heavy atom. The van der Waals surface area contributed by atoms with Crippen molar-refractivity contribution in [2.45, 2.75) is 12.2 Å². The van der Waals surface area contributed by atoms with Gasteiger partial charge in [-0.05, 0) is 17.7 Å². The lowest BCUT2D eigenvalue weighted by molar-refractivity contribution is -0.137. The van der Waals surface area contributed by atoms with Crippen LogP contribution in [0.15, 0.2) is 29.3 Å². The molecule has 3 rings (SSSR count). The van der Waals surface area contributed by atoms with Crippen LogP contribution in [-0.2, 0) is 15.7 Å². The van der Waals surface area contributed by atoms with Crippen molar-refractivity contribution in [1.29, 1.82) is 0 Å². The highest BCUT2D eigenvalue weighted by molar-refractivity contribution is 14.0. The van der Waals surface area contributed by atoms with Crippen molar-refractivity contribution in [3.8, 4) is 0 Å². The van der Waals surface area contributed by atoms with E-state index in [9.17, 15) is 13.2 Å². The van der Waals surface area contributed by atoms with Gasteiger partial charge in [-0.3, -0.25) is 9.89 Å². The number of guanidine groups is 1. The van der Waals surface area contributed by atoms with Crippen LogP contribution in [0.1, 0.15) is 17.2 Å². The fraction of sp³-hybridized carbons (Fsp3) is 0.611. The van der Waals surface area contributed by atoms with Gasteiger partial charge in [-0.25, -0.2) is 0 Å². The van der Waals surface area contributed by atoms with Gasteiger partial charge in [-0.2, -0.15) is 13.2 Å². The molecule has 28 heavy (non-hydrogen) atoms. The van der Waals surface area contributed by atoms with E-state index in [4.69, 9.17) is 15.2 Å². The number of halogens is 4. The first-order valence-corrected chi connectivity index (χ1v) is 9.07. The third-order valence-electron chi connectivity index (χ3n) is 4.87. The topological polar surface area (TPSA) is 63.3 Å². The van der Waals surface area contributed by atoms with Crippen molar-refractivity contribution in [3.63, 3.8) is 0 Å². The predicted octanol–water partition coefficient (Wildman–Crippen LogP) is 2.34. The molecule has 0 spiro atoms. The van der Waals surface area contributed by atoms with E-state index in [1.54, 1.807) is 0 Å². The average Bonchev–Trinajstić information content (AvgIpc) is 2.69. The van der Waals surface area contributed by atoms with Gasteiger partial charge in [-0.15, -0.1) is 24.0 Å². The summed E-state index contributed by atoms with van der Waals surface area (Å²) in [7, 11) is 0. The van der Waals surface area contributed by atoms with Crippen LogP contribution in [0.2, 0.25) is 0 Å². The molecule has 2 N–H and O–H groups in total. The summed E-state index contributed by atoms with van der Waals surface area (Å²) < 4.78 is 49.3. The number of hydrogen-bond donors (Lipinski definition) is 1. The zero-order chi connectivity index (χ0) is 19.3. The molecule has 0 bridgehead atoms. The number of rotatable bonds is 4. The van der Waals surface area contributed by atoms with Gasteiger partial charge in [0, 0.05) is 26.2 Å². The predicted molar refractivity (Wildman–Crippen MR) is 111 cm³/mol. The highest BCUT2D eigenvalue weighted by Crippen LogP contribution is 2.31. The molecule has 6 nitrogen and oxygen atoms in total. The molecule has 2 aliphatic heterocycles. The highest BCUT2D eigenvalue weighted by Gasteiger charge is 2.31.